The van der Waals surface area contributed by atoms with Crippen LogP contribution in [0.1, 0.15) is 37.4 Å². The molecule has 37 heavy (non-hydrogen) atoms. The Morgan fingerprint density at radius 1 is 1.05 bits per heavy atom. The monoisotopic (exact) mass is 524 g/mol. The van der Waals surface area contributed by atoms with Crippen LogP contribution >= 0.6 is 0 Å². The summed E-state index contributed by atoms with van der Waals surface area (Å²) in [6.45, 7) is 5.28. The second kappa shape index (κ2) is 10.3. The van der Waals surface area contributed by atoms with Gasteiger partial charge in [-0.1, -0.05) is 18.2 Å². The molecule has 0 saturated carbocycles. The number of fused-ring (bicyclic) bond motifs is 1. The summed E-state index contributed by atoms with van der Waals surface area (Å²) in [5.41, 5.74) is 1.33. The average Bonchev–Trinajstić information content (AvgIpc) is 2.86. The Hall–Kier alpha value is -3.72. The lowest BCUT2D eigenvalue weighted by molar-refractivity contribution is -0.120. The molecule has 1 aliphatic rings. The van der Waals surface area contributed by atoms with Crippen LogP contribution in [-0.4, -0.2) is 40.7 Å². The lowest BCUT2D eigenvalue weighted by Crippen LogP contribution is -2.45. The molecule has 1 unspecified atom stereocenters. The van der Waals surface area contributed by atoms with E-state index >= 15 is 0 Å². The molecule has 0 fully saturated rings. The van der Waals surface area contributed by atoms with Crippen LogP contribution in [0.3, 0.4) is 0 Å². The first-order chi connectivity index (χ1) is 17.5. The van der Waals surface area contributed by atoms with Crippen molar-refractivity contribution in [3.8, 4) is 17.2 Å². The largest absolute Gasteiger partial charge is 0.497 e. The van der Waals surface area contributed by atoms with Gasteiger partial charge in [0.15, 0.2) is 0 Å². The van der Waals surface area contributed by atoms with Crippen molar-refractivity contribution in [2.75, 3.05) is 25.1 Å². The third-order valence-electron chi connectivity index (χ3n) is 6.30. The number of ether oxygens (including phenoxy) is 3. The van der Waals surface area contributed by atoms with Crippen LogP contribution in [0.5, 0.6) is 17.2 Å². The third kappa shape index (κ3) is 5.67. The van der Waals surface area contributed by atoms with E-state index < -0.39 is 28.1 Å². The molecule has 3 aromatic rings. The summed E-state index contributed by atoms with van der Waals surface area (Å²) in [5, 5.41) is 3.03. The Morgan fingerprint density at radius 3 is 2.43 bits per heavy atom. The highest BCUT2D eigenvalue weighted by molar-refractivity contribution is 7.92. The number of sulfonamides is 1. The maximum absolute atomic E-state index is 13.8. The van der Waals surface area contributed by atoms with E-state index in [2.05, 4.69) is 5.32 Å². The van der Waals surface area contributed by atoms with Crippen molar-refractivity contribution in [3.05, 3.63) is 77.9 Å². The van der Waals surface area contributed by atoms with E-state index in [0.29, 0.717) is 34.9 Å². The van der Waals surface area contributed by atoms with Crippen LogP contribution < -0.4 is 23.8 Å². The minimum atomic E-state index is -4.06. The van der Waals surface area contributed by atoms with Crippen molar-refractivity contribution in [2.24, 2.45) is 0 Å². The van der Waals surface area contributed by atoms with Crippen LogP contribution in [-0.2, 0) is 14.8 Å². The average molecular weight is 525 g/mol. The molecule has 1 atom stereocenters. The van der Waals surface area contributed by atoms with Gasteiger partial charge in [-0.25, -0.2) is 8.42 Å². The molecule has 9 heteroatoms. The van der Waals surface area contributed by atoms with Crippen LogP contribution in [0.4, 0.5) is 5.69 Å². The molecule has 3 aromatic carbocycles. The normalized spacial score (nSPS) is 16.2. The zero-order valence-electron chi connectivity index (χ0n) is 21.6. The summed E-state index contributed by atoms with van der Waals surface area (Å²) >= 11 is 0. The number of anilines is 1. The van der Waals surface area contributed by atoms with Crippen molar-refractivity contribution in [1.82, 2.24) is 5.32 Å². The minimum Gasteiger partial charge on any atom is -0.497 e. The summed E-state index contributed by atoms with van der Waals surface area (Å²) < 4.78 is 45.4. The molecule has 0 spiro atoms. The Labute approximate surface area is 218 Å². The smallest absolute Gasteiger partial charge is 0.264 e. The van der Waals surface area contributed by atoms with Crippen molar-refractivity contribution >= 4 is 21.6 Å². The number of carbonyl (C=O) groups is 1. The van der Waals surface area contributed by atoms with Gasteiger partial charge < -0.3 is 19.5 Å². The molecule has 1 N–H and O–H groups in total. The lowest BCUT2D eigenvalue weighted by atomic mass is 9.89. The number of aryl methyl sites for hydroxylation is 1. The molecule has 0 bridgehead atoms. The fourth-order valence-electron chi connectivity index (χ4n) is 4.51. The highest BCUT2D eigenvalue weighted by Gasteiger charge is 2.36. The number of para-hydroxylation sites is 1. The van der Waals surface area contributed by atoms with Gasteiger partial charge in [-0.2, -0.15) is 0 Å². The maximum Gasteiger partial charge on any atom is 0.264 e. The first-order valence-electron chi connectivity index (χ1n) is 11.9. The number of carbonyl (C=O) groups excluding carboxylic acids is 1. The topological polar surface area (TPSA) is 94.2 Å². The number of amides is 1. The Morgan fingerprint density at radius 2 is 1.78 bits per heavy atom. The standard InChI is InChI=1S/C28H32N2O6S/c1-19-15-22(12-14-25(19)35-5)37(32,33)30(20-9-7-6-8-10-20)18-27(31)29-24-17-28(2,3)36-26-13-11-21(34-4)16-23(24)26/h6-16,24H,17-18H2,1-5H3,(H,29,31). The van der Waals surface area contributed by atoms with E-state index in [0.717, 1.165) is 9.87 Å². The molecule has 1 amide bonds. The quantitative estimate of drug-likeness (QED) is 0.462. The van der Waals surface area contributed by atoms with E-state index in [1.165, 1.54) is 13.2 Å². The van der Waals surface area contributed by atoms with Crippen molar-refractivity contribution in [3.63, 3.8) is 0 Å². The molecular weight excluding hydrogens is 492 g/mol. The number of hydrogen-bond acceptors (Lipinski definition) is 6. The van der Waals surface area contributed by atoms with Crippen LogP contribution in [0, 0.1) is 6.92 Å². The summed E-state index contributed by atoms with van der Waals surface area (Å²) in [5.74, 6) is 1.45. The van der Waals surface area contributed by atoms with Gasteiger partial charge in [0.1, 0.15) is 29.4 Å². The lowest BCUT2D eigenvalue weighted by Gasteiger charge is -2.38. The predicted octanol–water partition coefficient (Wildman–Crippen LogP) is 4.63. The van der Waals surface area contributed by atoms with Gasteiger partial charge in [0.05, 0.1) is 30.8 Å². The summed E-state index contributed by atoms with van der Waals surface area (Å²) in [7, 11) is -0.953. The molecule has 8 nitrogen and oxygen atoms in total. The maximum atomic E-state index is 13.8. The van der Waals surface area contributed by atoms with E-state index in [1.807, 2.05) is 26.0 Å². The van der Waals surface area contributed by atoms with Gasteiger partial charge in [-0.05, 0) is 74.9 Å². The van der Waals surface area contributed by atoms with Gasteiger partial charge >= 0.3 is 0 Å². The Balaban J connectivity index is 1.65. The van der Waals surface area contributed by atoms with Gasteiger partial charge in [-0.3, -0.25) is 9.10 Å². The summed E-state index contributed by atoms with van der Waals surface area (Å²) in [4.78, 5) is 13.5. The van der Waals surface area contributed by atoms with Gasteiger partial charge in [-0.15, -0.1) is 0 Å². The van der Waals surface area contributed by atoms with Crippen LogP contribution in [0.2, 0.25) is 0 Å². The van der Waals surface area contributed by atoms with Gasteiger partial charge in [0.25, 0.3) is 10.0 Å². The number of benzene rings is 3. The van der Waals surface area contributed by atoms with E-state index in [4.69, 9.17) is 14.2 Å². The summed E-state index contributed by atoms with van der Waals surface area (Å²) in [6, 6.07) is 18.3. The SMILES string of the molecule is COc1ccc2c(c1)C(NC(=O)CN(c1ccccc1)S(=O)(=O)c1ccc(OC)c(C)c1)CC(C)(C)O2. The molecule has 1 heterocycles. The van der Waals surface area contributed by atoms with E-state index in [-0.39, 0.29) is 10.9 Å². The highest BCUT2D eigenvalue weighted by atomic mass is 32.2. The molecule has 196 valence electrons. The number of nitrogens with one attached hydrogen (secondary N) is 1. The molecule has 0 aliphatic carbocycles. The zero-order chi connectivity index (χ0) is 26.8. The van der Waals surface area contributed by atoms with Gasteiger partial charge in [0, 0.05) is 12.0 Å². The second-order valence-electron chi connectivity index (χ2n) is 9.57. The first-order valence-corrected chi connectivity index (χ1v) is 13.4. The van der Waals surface area contributed by atoms with Crippen LogP contribution in [0.15, 0.2) is 71.6 Å². The fraction of sp³-hybridized carbons (Fsp3) is 0.321. The van der Waals surface area contributed by atoms with Crippen molar-refractivity contribution in [2.45, 2.75) is 43.7 Å². The molecule has 0 aromatic heterocycles. The first kappa shape index (κ1) is 26.3. The highest BCUT2D eigenvalue weighted by Crippen LogP contribution is 2.41. The molecular formula is C28H32N2O6S. The van der Waals surface area contributed by atoms with Crippen molar-refractivity contribution in [1.29, 1.82) is 0 Å². The summed E-state index contributed by atoms with van der Waals surface area (Å²) in [6.07, 6.45) is 0.509. The Bertz CT molecular complexity index is 1390. The third-order valence-corrected chi connectivity index (χ3v) is 8.07. The number of methoxy groups -OCH3 is 2. The molecule has 4 rings (SSSR count). The number of rotatable bonds is 8. The molecule has 1 aliphatic heterocycles. The zero-order valence-corrected chi connectivity index (χ0v) is 22.5. The number of hydrogen-bond donors (Lipinski definition) is 1. The fourth-order valence-corrected chi connectivity index (χ4v) is 6.01. The number of nitrogens with zero attached hydrogens (tertiary/aromatic N) is 1. The Kier molecular flexibility index (Phi) is 7.36. The molecule has 0 saturated heterocycles. The van der Waals surface area contributed by atoms with Crippen LogP contribution in [0.25, 0.3) is 0 Å². The van der Waals surface area contributed by atoms with Crippen molar-refractivity contribution < 1.29 is 27.4 Å². The van der Waals surface area contributed by atoms with E-state index in [9.17, 15) is 13.2 Å². The van der Waals surface area contributed by atoms with Gasteiger partial charge in [0.2, 0.25) is 5.91 Å². The molecule has 0 radical (unpaired) electrons. The second-order valence-corrected chi connectivity index (χ2v) is 11.4. The predicted molar refractivity (Wildman–Crippen MR) is 142 cm³/mol. The van der Waals surface area contributed by atoms with E-state index in [1.54, 1.807) is 62.6 Å². The minimum absolute atomic E-state index is 0.0738.